The van der Waals surface area contributed by atoms with E-state index < -0.39 is 30.6 Å². The van der Waals surface area contributed by atoms with Crippen molar-refractivity contribution >= 4 is 0 Å². The average molecular weight is 263 g/mol. The average Bonchev–Trinajstić information content (AvgIpc) is 2.38. The number of aliphatic hydroxyl groups is 3. The first-order valence-electron chi connectivity index (χ1n) is 6.61. The lowest BCUT2D eigenvalue weighted by Gasteiger charge is -2.40. The Morgan fingerprint density at radius 3 is 2.50 bits per heavy atom. The molecule has 0 spiro atoms. The first-order valence-corrected chi connectivity index (χ1v) is 6.61. The molecule has 0 amide bonds. The molecule has 0 radical (unpaired) electrons. The molecular formula is C12H25NO5. The highest BCUT2D eigenvalue weighted by Crippen LogP contribution is 2.20. The molecule has 1 aliphatic rings. The molecule has 0 saturated carbocycles. The molecule has 1 aliphatic heterocycles. The van der Waals surface area contributed by atoms with Gasteiger partial charge in [-0.15, -0.1) is 0 Å². The SMILES string of the molecule is CCCCCCO[C@@H]1O[C@H](CO)[C@H](O)[C@H](N)[C@H]1O. The second-order valence-electron chi connectivity index (χ2n) is 4.72. The predicted octanol–water partition coefficient (Wildman–Crippen LogP) is -0.650. The van der Waals surface area contributed by atoms with Crippen LogP contribution in [-0.2, 0) is 9.47 Å². The van der Waals surface area contributed by atoms with Crippen LogP contribution in [-0.4, -0.2) is 59.2 Å². The zero-order valence-corrected chi connectivity index (χ0v) is 10.9. The Balaban J connectivity index is 2.35. The van der Waals surface area contributed by atoms with Crippen molar-refractivity contribution in [1.82, 2.24) is 0 Å². The minimum absolute atomic E-state index is 0.350. The normalized spacial score (nSPS) is 36.8. The molecule has 0 aromatic carbocycles. The molecule has 6 nitrogen and oxygen atoms in total. The van der Waals surface area contributed by atoms with Crippen molar-refractivity contribution < 1.29 is 24.8 Å². The van der Waals surface area contributed by atoms with Crippen LogP contribution < -0.4 is 5.73 Å². The van der Waals surface area contributed by atoms with Gasteiger partial charge >= 0.3 is 0 Å². The molecule has 0 unspecified atom stereocenters. The molecule has 1 rings (SSSR count). The van der Waals surface area contributed by atoms with E-state index in [1.165, 1.54) is 0 Å². The Labute approximate surface area is 108 Å². The summed E-state index contributed by atoms with van der Waals surface area (Å²) in [5.41, 5.74) is 5.66. The number of hydrogen-bond acceptors (Lipinski definition) is 6. The zero-order chi connectivity index (χ0) is 13.5. The fraction of sp³-hybridized carbons (Fsp3) is 1.00. The van der Waals surface area contributed by atoms with Crippen LogP contribution in [0.1, 0.15) is 32.6 Å². The molecule has 1 saturated heterocycles. The highest BCUT2D eigenvalue weighted by Gasteiger charge is 2.42. The van der Waals surface area contributed by atoms with Gasteiger partial charge in [0.15, 0.2) is 6.29 Å². The van der Waals surface area contributed by atoms with E-state index >= 15 is 0 Å². The van der Waals surface area contributed by atoms with Gasteiger partial charge in [-0.2, -0.15) is 0 Å². The number of nitrogens with two attached hydrogens (primary N) is 1. The maximum Gasteiger partial charge on any atom is 0.185 e. The van der Waals surface area contributed by atoms with Gasteiger partial charge in [0.25, 0.3) is 0 Å². The summed E-state index contributed by atoms with van der Waals surface area (Å²) in [7, 11) is 0. The molecule has 5 atom stereocenters. The fourth-order valence-electron chi connectivity index (χ4n) is 1.98. The van der Waals surface area contributed by atoms with Gasteiger partial charge < -0.3 is 30.5 Å². The van der Waals surface area contributed by atoms with E-state index in [0.717, 1.165) is 25.7 Å². The number of ether oxygens (including phenoxy) is 2. The first kappa shape index (κ1) is 15.8. The molecular weight excluding hydrogens is 238 g/mol. The van der Waals surface area contributed by atoms with Gasteiger partial charge in [0.2, 0.25) is 0 Å². The fourth-order valence-corrected chi connectivity index (χ4v) is 1.98. The summed E-state index contributed by atoms with van der Waals surface area (Å²) >= 11 is 0. The van der Waals surface area contributed by atoms with E-state index in [2.05, 4.69) is 6.92 Å². The van der Waals surface area contributed by atoms with E-state index in [1.54, 1.807) is 0 Å². The lowest BCUT2D eigenvalue weighted by atomic mass is 9.97. The topological polar surface area (TPSA) is 105 Å². The Morgan fingerprint density at radius 2 is 1.89 bits per heavy atom. The molecule has 1 fully saturated rings. The maximum atomic E-state index is 9.81. The second-order valence-corrected chi connectivity index (χ2v) is 4.72. The number of rotatable bonds is 7. The summed E-state index contributed by atoms with van der Waals surface area (Å²) in [4.78, 5) is 0. The van der Waals surface area contributed by atoms with Crippen LogP contribution in [0, 0.1) is 0 Å². The molecule has 6 heteroatoms. The monoisotopic (exact) mass is 263 g/mol. The summed E-state index contributed by atoms with van der Waals surface area (Å²) in [5.74, 6) is 0. The number of aliphatic hydroxyl groups excluding tert-OH is 3. The number of unbranched alkanes of at least 4 members (excludes halogenated alkanes) is 3. The van der Waals surface area contributed by atoms with Crippen LogP contribution in [0.25, 0.3) is 0 Å². The molecule has 18 heavy (non-hydrogen) atoms. The van der Waals surface area contributed by atoms with E-state index in [-0.39, 0.29) is 6.61 Å². The Hall–Kier alpha value is -0.240. The summed E-state index contributed by atoms with van der Waals surface area (Å²) in [6, 6.07) is -0.864. The standard InChI is InChI=1S/C12H25NO5/c1-2-3-4-5-6-17-12-11(16)9(13)10(15)8(7-14)18-12/h8-12,14-16H,2-7,13H2,1H3/t8-,9+,10+,11-,12-/m1/s1. The van der Waals surface area contributed by atoms with Gasteiger partial charge in [-0.05, 0) is 6.42 Å². The van der Waals surface area contributed by atoms with E-state index in [4.69, 9.17) is 20.3 Å². The van der Waals surface area contributed by atoms with Crippen LogP contribution in [0.2, 0.25) is 0 Å². The van der Waals surface area contributed by atoms with Crippen LogP contribution >= 0.6 is 0 Å². The van der Waals surface area contributed by atoms with Crippen LogP contribution in [0.4, 0.5) is 0 Å². The zero-order valence-electron chi connectivity index (χ0n) is 10.9. The number of hydrogen-bond donors (Lipinski definition) is 4. The third-order valence-corrected chi connectivity index (χ3v) is 3.22. The first-order chi connectivity index (χ1) is 8.61. The van der Waals surface area contributed by atoms with Gasteiger partial charge in [0, 0.05) is 6.61 Å². The van der Waals surface area contributed by atoms with Gasteiger partial charge in [0.05, 0.1) is 12.6 Å². The van der Waals surface area contributed by atoms with E-state index in [9.17, 15) is 10.2 Å². The molecule has 0 bridgehead atoms. The Morgan fingerprint density at radius 1 is 1.17 bits per heavy atom. The second kappa shape index (κ2) is 8.04. The van der Waals surface area contributed by atoms with Gasteiger partial charge in [-0.25, -0.2) is 0 Å². The third-order valence-electron chi connectivity index (χ3n) is 3.22. The van der Waals surface area contributed by atoms with Crippen molar-refractivity contribution in [3.8, 4) is 0 Å². The minimum atomic E-state index is -1.08. The maximum absolute atomic E-state index is 9.81. The van der Waals surface area contributed by atoms with E-state index in [1.807, 2.05) is 0 Å². The van der Waals surface area contributed by atoms with Crippen molar-refractivity contribution in [2.75, 3.05) is 13.2 Å². The minimum Gasteiger partial charge on any atom is -0.394 e. The lowest BCUT2D eigenvalue weighted by Crippen LogP contribution is -2.62. The van der Waals surface area contributed by atoms with Crippen molar-refractivity contribution in [3.05, 3.63) is 0 Å². The van der Waals surface area contributed by atoms with Crippen LogP contribution in [0.3, 0.4) is 0 Å². The van der Waals surface area contributed by atoms with Gasteiger partial charge in [-0.3, -0.25) is 0 Å². The van der Waals surface area contributed by atoms with E-state index in [0.29, 0.717) is 6.61 Å². The molecule has 108 valence electrons. The predicted molar refractivity (Wildman–Crippen MR) is 65.8 cm³/mol. The largest absolute Gasteiger partial charge is 0.394 e. The molecule has 0 aromatic heterocycles. The summed E-state index contributed by atoms with van der Waals surface area (Å²) in [5, 5.41) is 28.5. The van der Waals surface area contributed by atoms with Crippen LogP contribution in [0.15, 0.2) is 0 Å². The Bertz CT molecular complexity index is 227. The summed E-state index contributed by atoms with van der Waals surface area (Å²) < 4.78 is 10.7. The third kappa shape index (κ3) is 4.15. The van der Waals surface area contributed by atoms with Gasteiger partial charge in [0.1, 0.15) is 18.3 Å². The smallest absolute Gasteiger partial charge is 0.185 e. The molecule has 0 aromatic rings. The quantitative estimate of drug-likeness (QED) is 0.455. The van der Waals surface area contributed by atoms with Crippen molar-refractivity contribution in [2.24, 2.45) is 5.73 Å². The highest BCUT2D eigenvalue weighted by atomic mass is 16.7. The molecule has 1 heterocycles. The van der Waals surface area contributed by atoms with Crippen molar-refractivity contribution in [1.29, 1.82) is 0 Å². The van der Waals surface area contributed by atoms with Crippen molar-refractivity contribution in [3.63, 3.8) is 0 Å². The van der Waals surface area contributed by atoms with Crippen LogP contribution in [0.5, 0.6) is 0 Å². The Kier molecular flexibility index (Phi) is 7.06. The highest BCUT2D eigenvalue weighted by molar-refractivity contribution is 4.91. The van der Waals surface area contributed by atoms with Gasteiger partial charge in [-0.1, -0.05) is 26.2 Å². The molecule has 0 aliphatic carbocycles. The van der Waals surface area contributed by atoms with Crippen molar-refractivity contribution in [2.45, 2.75) is 63.3 Å². The lowest BCUT2D eigenvalue weighted by molar-refractivity contribution is -0.276. The molecule has 5 N–H and O–H groups in total. The summed E-state index contributed by atoms with van der Waals surface area (Å²) in [6.45, 7) is 2.25. The summed E-state index contributed by atoms with van der Waals surface area (Å²) in [6.07, 6.45) is 0.422.